The molecule has 0 aliphatic carbocycles. The molecule has 0 spiro atoms. The van der Waals surface area contributed by atoms with E-state index in [0.717, 1.165) is 0 Å². The van der Waals surface area contributed by atoms with Gasteiger partial charge in [0, 0.05) is 0 Å². The van der Waals surface area contributed by atoms with Crippen molar-refractivity contribution in [1.29, 1.82) is 0 Å². The minimum absolute atomic E-state index is 0.203. The van der Waals surface area contributed by atoms with Gasteiger partial charge in [0.1, 0.15) is 0 Å². The van der Waals surface area contributed by atoms with E-state index in [1.54, 1.807) is 41.5 Å². The van der Waals surface area contributed by atoms with Gasteiger partial charge in [-0.25, -0.2) is 0 Å². The standard InChI is InChI=1S/C10H24O6P2/c1-9(2,3)17(11,12)15-7-8-16-18(13,14)10(4,5)6/h7-8H2,1-6H3,(H,11,12)(H,13,14). The summed E-state index contributed by atoms with van der Waals surface area (Å²) in [7, 11) is -7.50. The molecule has 6 nitrogen and oxygen atoms in total. The highest BCUT2D eigenvalue weighted by atomic mass is 31.2. The van der Waals surface area contributed by atoms with Crippen LogP contribution in [-0.4, -0.2) is 33.3 Å². The molecule has 110 valence electrons. The van der Waals surface area contributed by atoms with Gasteiger partial charge in [0.2, 0.25) is 0 Å². The van der Waals surface area contributed by atoms with Crippen molar-refractivity contribution in [2.24, 2.45) is 0 Å². The molecule has 8 heteroatoms. The fourth-order valence-electron chi connectivity index (χ4n) is 0.709. The van der Waals surface area contributed by atoms with Crippen LogP contribution in [0.15, 0.2) is 0 Å². The van der Waals surface area contributed by atoms with Gasteiger partial charge in [-0.2, -0.15) is 0 Å². The van der Waals surface area contributed by atoms with Crippen molar-refractivity contribution in [3.63, 3.8) is 0 Å². The Balaban J connectivity index is 4.26. The molecule has 0 radical (unpaired) electrons. The first-order valence-electron chi connectivity index (χ1n) is 5.65. The average Bonchev–Trinajstić information content (AvgIpc) is 2.08. The lowest BCUT2D eigenvalue weighted by Crippen LogP contribution is -2.20. The lowest BCUT2D eigenvalue weighted by Gasteiger charge is -2.27. The fraction of sp³-hybridized carbons (Fsp3) is 1.00. The van der Waals surface area contributed by atoms with Crippen LogP contribution in [0, 0.1) is 0 Å². The van der Waals surface area contributed by atoms with Gasteiger partial charge in [-0.15, -0.1) is 0 Å². The van der Waals surface area contributed by atoms with E-state index in [0.29, 0.717) is 0 Å². The molecule has 0 fully saturated rings. The molecule has 18 heavy (non-hydrogen) atoms. The zero-order valence-corrected chi connectivity index (χ0v) is 13.6. The van der Waals surface area contributed by atoms with E-state index in [-0.39, 0.29) is 13.2 Å². The van der Waals surface area contributed by atoms with E-state index in [4.69, 9.17) is 9.05 Å². The van der Waals surface area contributed by atoms with Crippen LogP contribution in [0.2, 0.25) is 0 Å². The third kappa shape index (κ3) is 5.12. The summed E-state index contributed by atoms with van der Waals surface area (Å²) in [6.07, 6.45) is 0. The van der Waals surface area contributed by atoms with Crippen molar-refractivity contribution in [1.82, 2.24) is 0 Å². The summed E-state index contributed by atoms with van der Waals surface area (Å²) in [5.74, 6) is 0. The smallest absolute Gasteiger partial charge is 0.324 e. The molecular weight excluding hydrogens is 278 g/mol. The SMILES string of the molecule is CC(C)(C)P(=O)(O)OCCOP(=O)(O)C(C)(C)C. The Bertz CT molecular complexity index is 330. The Morgan fingerprint density at radius 1 is 0.778 bits per heavy atom. The summed E-state index contributed by atoms with van der Waals surface area (Å²) in [6.45, 7) is 9.10. The van der Waals surface area contributed by atoms with E-state index in [9.17, 15) is 18.9 Å². The summed E-state index contributed by atoms with van der Waals surface area (Å²) in [4.78, 5) is 19.2. The van der Waals surface area contributed by atoms with Crippen LogP contribution >= 0.6 is 15.2 Å². The van der Waals surface area contributed by atoms with Gasteiger partial charge >= 0.3 is 15.2 Å². The molecule has 0 saturated carbocycles. The first kappa shape index (κ1) is 18.3. The van der Waals surface area contributed by atoms with Crippen LogP contribution < -0.4 is 0 Å². The molecule has 0 saturated heterocycles. The number of hydrogen-bond donors (Lipinski definition) is 2. The van der Waals surface area contributed by atoms with Crippen LogP contribution in [0.3, 0.4) is 0 Å². The monoisotopic (exact) mass is 302 g/mol. The summed E-state index contributed by atoms with van der Waals surface area (Å²) in [5, 5.41) is -1.78. The molecule has 2 unspecified atom stereocenters. The first-order chi connectivity index (χ1) is 7.71. The van der Waals surface area contributed by atoms with E-state index in [2.05, 4.69) is 0 Å². The summed E-state index contributed by atoms with van der Waals surface area (Å²) in [5.41, 5.74) is 0. The van der Waals surface area contributed by atoms with E-state index >= 15 is 0 Å². The summed E-state index contributed by atoms with van der Waals surface area (Å²) in [6, 6.07) is 0. The number of hydrogen-bond acceptors (Lipinski definition) is 4. The van der Waals surface area contributed by atoms with Crippen molar-refractivity contribution in [3.05, 3.63) is 0 Å². The highest BCUT2D eigenvalue weighted by Gasteiger charge is 2.38. The first-order valence-corrected chi connectivity index (χ1v) is 8.81. The van der Waals surface area contributed by atoms with Crippen molar-refractivity contribution < 1.29 is 28.0 Å². The molecule has 0 aromatic carbocycles. The van der Waals surface area contributed by atoms with Crippen LogP contribution in [0.4, 0.5) is 0 Å². The van der Waals surface area contributed by atoms with Crippen LogP contribution in [0.25, 0.3) is 0 Å². The second kappa shape index (κ2) is 5.74. The zero-order valence-electron chi connectivity index (χ0n) is 11.8. The lowest BCUT2D eigenvalue weighted by atomic mass is 10.3. The molecule has 0 aliphatic rings. The molecule has 0 heterocycles. The molecule has 0 rings (SSSR count). The average molecular weight is 302 g/mol. The van der Waals surface area contributed by atoms with Gasteiger partial charge in [-0.05, 0) is 41.5 Å². The van der Waals surface area contributed by atoms with Gasteiger partial charge in [0.05, 0.1) is 23.5 Å². The zero-order chi connectivity index (χ0) is 14.8. The van der Waals surface area contributed by atoms with Gasteiger partial charge in [0.15, 0.2) is 0 Å². The Kier molecular flexibility index (Phi) is 5.83. The van der Waals surface area contributed by atoms with Gasteiger partial charge in [-0.3, -0.25) is 9.13 Å². The maximum Gasteiger partial charge on any atom is 0.333 e. The minimum Gasteiger partial charge on any atom is -0.324 e. The maximum atomic E-state index is 11.7. The van der Waals surface area contributed by atoms with Gasteiger partial charge in [-0.1, -0.05) is 0 Å². The largest absolute Gasteiger partial charge is 0.333 e. The molecule has 2 atom stereocenters. The van der Waals surface area contributed by atoms with E-state index in [1.807, 2.05) is 0 Å². The second-order valence-corrected chi connectivity index (χ2v) is 11.3. The Morgan fingerprint density at radius 2 is 1.00 bits per heavy atom. The lowest BCUT2D eigenvalue weighted by molar-refractivity contribution is 0.168. The summed E-state index contributed by atoms with van der Waals surface area (Å²) < 4.78 is 33.1. The van der Waals surface area contributed by atoms with E-state index < -0.39 is 25.5 Å². The highest BCUT2D eigenvalue weighted by Crippen LogP contribution is 2.56. The Labute approximate surface area is 109 Å². The predicted molar refractivity (Wildman–Crippen MR) is 71.1 cm³/mol. The van der Waals surface area contributed by atoms with Gasteiger partial charge < -0.3 is 18.8 Å². The van der Waals surface area contributed by atoms with Gasteiger partial charge in [0.25, 0.3) is 0 Å². The summed E-state index contributed by atoms with van der Waals surface area (Å²) >= 11 is 0. The Hall–Kier alpha value is 0.300. The third-order valence-electron chi connectivity index (χ3n) is 2.31. The minimum atomic E-state index is -3.75. The molecule has 0 amide bonds. The second-order valence-electron chi connectivity index (χ2n) is 6.05. The fourth-order valence-corrected chi connectivity index (χ4v) is 2.13. The normalized spacial score (nSPS) is 20.2. The van der Waals surface area contributed by atoms with Crippen LogP contribution in [0.1, 0.15) is 41.5 Å². The van der Waals surface area contributed by atoms with Crippen molar-refractivity contribution in [2.45, 2.75) is 51.9 Å². The molecule has 0 aromatic rings. The highest BCUT2D eigenvalue weighted by molar-refractivity contribution is 7.54. The van der Waals surface area contributed by atoms with E-state index in [1.165, 1.54) is 0 Å². The predicted octanol–water partition coefficient (Wildman–Crippen LogP) is 2.99. The van der Waals surface area contributed by atoms with Crippen molar-refractivity contribution >= 4 is 15.2 Å². The van der Waals surface area contributed by atoms with Crippen molar-refractivity contribution in [3.8, 4) is 0 Å². The maximum absolute atomic E-state index is 11.7. The molecule has 0 aromatic heterocycles. The number of rotatable bonds is 5. The topological polar surface area (TPSA) is 93.1 Å². The third-order valence-corrected chi connectivity index (χ3v) is 6.77. The quantitative estimate of drug-likeness (QED) is 0.599. The molecule has 0 bridgehead atoms. The van der Waals surface area contributed by atoms with Crippen LogP contribution in [0.5, 0.6) is 0 Å². The molecular formula is C10H24O6P2. The van der Waals surface area contributed by atoms with Crippen LogP contribution in [-0.2, 0) is 18.2 Å². The molecule has 0 aliphatic heterocycles. The molecule has 2 N–H and O–H groups in total. The Morgan fingerprint density at radius 3 is 1.17 bits per heavy atom. The van der Waals surface area contributed by atoms with Crippen molar-refractivity contribution in [2.75, 3.05) is 13.2 Å².